The van der Waals surface area contributed by atoms with Gasteiger partial charge in [-0.1, -0.05) is 35.9 Å². The standard InChI is InChI=1S/C15H9BrClN3O/c16-10-5-6-13(18-8-10)20-15(21)12-7-9-3-1-2-4-11(9)14(17)19-12/h1-8H,(H,18,20,21). The highest BCUT2D eigenvalue weighted by Crippen LogP contribution is 2.22. The van der Waals surface area contributed by atoms with Crippen molar-refractivity contribution >= 4 is 50.0 Å². The molecule has 0 aliphatic heterocycles. The van der Waals surface area contributed by atoms with E-state index in [2.05, 4.69) is 31.2 Å². The maximum atomic E-state index is 12.2. The second-order valence-corrected chi connectivity index (χ2v) is 5.61. The molecule has 104 valence electrons. The summed E-state index contributed by atoms with van der Waals surface area (Å²) in [6.45, 7) is 0. The molecule has 0 atom stereocenters. The van der Waals surface area contributed by atoms with Gasteiger partial charge in [-0.25, -0.2) is 9.97 Å². The van der Waals surface area contributed by atoms with Crippen molar-refractivity contribution in [1.82, 2.24) is 9.97 Å². The maximum absolute atomic E-state index is 12.2. The number of hydrogen-bond acceptors (Lipinski definition) is 3. The van der Waals surface area contributed by atoms with Gasteiger partial charge in [-0.05, 0) is 39.5 Å². The van der Waals surface area contributed by atoms with Crippen LogP contribution >= 0.6 is 27.5 Å². The van der Waals surface area contributed by atoms with Crippen molar-refractivity contribution in [3.05, 3.63) is 64.0 Å². The van der Waals surface area contributed by atoms with Crippen LogP contribution in [-0.2, 0) is 0 Å². The number of carbonyl (C=O) groups is 1. The van der Waals surface area contributed by atoms with Crippen LogP contribution < -0.4 is 5.32 Å². The van der Waals surface area contributed by atoms with E-state index < -0.39 is 0 Å². The van der Waals surface area contributed by atoms with E-state index in [1.165, 1.54) is 0 Å². The van der Waals surface area contributed by atoms with Gasteiger partial charge >= 0.3 is 0 Å². The van der Waals surface area contributed by atoms with Crippen molar-refractivity contribution in [3.63, 3.8) is 0 Å². The molecule has 1 N–H and O–H groups in total. The molecule has 0 aliphatic carbocycles. The van der Waals surface area contributed by atoms with Crippen LogP contribution in [-0.4, -0.2) is 15.9 Å². The molecule has 0 fully saturated rings. The molecule has 0 radical (unpaired) electrons. The number of rotatable bonds is 2. The first-order valence-corrected chi connectivity index (χ1v) is 7.29. The number of benzene rings is 1. The lowest BCUT2D eigenvalue weighted by molar-refractivity contribution is 0.102. The molecule has 2 heterocycles. The van der Waals surface area contributed by atoms with Gasteiger partial charge in [0.25, 0.3) is 5.91 Å². The third kappa shape index (κ3) is 3.04. The SMILES string of the molecule is O=C(Nc1ccc(Br)cn1)c1cc2ccccc2c(Cl)n1. The molecule has 0 saturated carbocycles. The van der Waals surface area contributed by atoms with Gasteiger partial charge in [0, 0.05) is 16.1 Å². The molecule has 3 rings (SSSR count). The molecular weight excluding hydrogens is 354 g/mol. The van der Waals surface area contributed by atoms with E-state index in [1.807, 2.05) is 24.3 Å². The fourth-order valence-electron chi connectivity index (χ4n) is 1.90. The largest absolute Gasteiger partial charge is 0.305 e. The van der Waals surface area contributed by atoms with Gasteiger partial charge in [0.15, 0.2) is 0 Å². The lowest BCUT2D eigenvalue weighted by Gasteiger charge is -2.06. The number of pyridine rings is 2. The van der Waals surface area contributed by atoms with Crippen molar-refractivity contribution < 1.29 is 4.79 Å². The molecule has 0 unspecified atom stereocenters. The van der Waals surface area contributed by atoms with Gasteiger partial charge in [0.2, 0.25) is 0 Å². The summed E-state index contributed by atoms with van der Waals surface area (Å²) in [6.07, 6.45) is 1.61. The predicted molar refractivity (Wildman–Crippen MR) is 86.6 cm³/mol. The van der Waals surface area contributed by atoms with Gasteiger partial charge in [0.05, 0.1) is 0 Å². The average Bonchev–Trinajstić information content (AvgIpc) is 2.49. The van der Waals surface area contributed by atoms with Crippen LogP contribution in [0.2, 0.25) is 5.15 Å². The molecule has 0 aliphatic rings. The first kappa shape index (κ1) is 14.0. The fourth-order valence-corrected chi connectivity index (χ4v) is 2.40. The summed E-state index contributed by atoms with van der Waals surface area (Å²) in [4.78, 5) is 20.4. The van der Waals surface area contributed by atoms with Crippen LogP contribution in [0.1, 0.15) is 10.5 Å². The minimum absolute atomic E-state index is 0.253. The molecule has 1 aromatic carbocycles. The Bertz CT molecular complexity index is 821. The Morgan fingerprint density at radius 1 is 1.19 bits per heavy atom. The smallest absolute Gasteiger partial charge is 0.275 e. The molecule has 6 heteroatoms. The topological polar surface area (TPSA) is 54.9 Å². The highest BCUT2D eigenvalue weighted by molar-refractivity contribution is 9.10. The highest BCUT2D eigenvalue weighted by Gasteiger charge is 2.11. The van der Waals surface area contributed by atoms with Crippen molar-refractivity contribution in [2.45, 2.75) is 0 Å². The Morgan fingerprint density at radius 2 is 2.00 bits per heavy atom. The number of fused-ring (bicyclic) bond motifs is 1. The Labute approximate surface area is 134 Å². The Hall–Kier alpha value is -1.98. The number of carbonyl (C=O) groups excluding carboxylic acids is 1. The minimum atomic E-state index is -0.350. The molecule has 0 spiro atoms. The third-order valence-electron chi connectivity index (χ3n) is 2.90. The van der Waals surface area contributed by atoms with Crippen LogP contribution in [0, 0.1) is 0 Å². The first-order valence-electron chi connectivity index (χ1n) is 6.12. The van der Waals surface area contributed by atoms with Crippen LogP contribution in [0.3, 0.4) is 0 Å². The van der Waals surface area contributed by atoms with Crippen LogP contribution in [0.15, 0.2) is 53.1 Å². The number of hydrogen-bond donors (Lipinski definition) is 1. The zero-order valence-corrected chi connectivity index (χ0v) is 13.0. The molecule has 3 aromatic rings. The van der Waals surface area contributed by atoms with Gasteiger partial charge in [-0.3, -0.25) is 4.79 Å². The summed E-state index contributed by atoms with van der Waals surface area (Å²) in [5, 5.41) is 4.68. The lowest BCUT2D eigenvalue weighted by Crippen LogP contribution is -2.14. The average molecular weight is 363 g/mol. The summed E-state index contributed by atoms with van der Waals surface area (Å²) in [7, 11) is 0. The Balaban J connectivity index is 1.92. The number of nitrogens with zero attached hydrogens (tertiary/aromatic N) is 2. The molecular formula is C15H9BrClN3O. The van der Waals surface area contributed by atoms with Crippen molar-refractivity contribution in [3.8, 4) is 0 Å². The van der Waals surface area contributed by atoms with E-state index in [9.17, 15) is 4.79 Å². The quantitative estimate of drug-likeness (QED) is 0.692. The second kappa shape index (κ2) is 5.79. The van der Waals surface area contributed by atoms with E-state index in [4.69, 9.17) is 11.6 Å². The van der Waals surface area contributed by atoms with Crippen molar-refractivity contribution in [1.29, 1.82) is 0 Å². The normalized spacial score (nSPS) is 10.6. The van der Waals surface area contributed by atoms with Crippen LogP contribution in [0.25, 0.3) is 10.8 Å². The van der Waals surface area contributed by atoms with Crippen LogP contribution in [0.5, 0.6) is 0 Å². The van der Waals surface area contributed by atoms with E-state index in [0.29, 0.717) is 11.0 Å². The van der Waals surface area contributed by atoms with Gasteiger partial charge < -0.3 is 5.32 Å². The van der Waals surface area contributed by atoms with E-state index >= 15 is 0 Å². The van der Waals surface area contributed by atoms with Crippen LogP contribution in [0.4, 0.5) is 5.82 Å². The summed E-state index contributed by atoms with van der Waals surface area (Å²) in [5.74, 6) is 0.103. The summed E-state index contributed by atoms with van der Waals surface area (Å²) < 4.78 is 0.840. The lowest BCUT2D eigenvalue weighted by atomic mass is 10.1. The number of halogens is 2. The molecule has 1 amide bonds. The summed E-state index contributed by atoms with van der Waals surface area (Å²) >= 11 is 9.41. The summed E-state index contributed by atoms with van der Waals surface area (Å²) in [5.41, 5.74) is 0.253. The number of anilines is 1. The zero-order chi connectivity index (χ0) is 14.8. The first-order chi connectivity index (χ1) is 10.1. The summed E-state index contributed by atoms with van der Waals surface area (Å²) in [6, 6.07) is 12.7. The van der Waals surface area contributed by atoms with Crippen molar-refractivity contribution in [2.24, 2.45) is 0 Å². The van der Waals surface area contributed by atoms with E-state index in [1.54, 1.807) is 24.4 Å². The third-order valence-corrected chi connectivity index (χ3v) is 3.65. The van der Waals surface area contributed by atoms with Gasteiger partial charge in [-0.15, -0.1) is 0 Å². The molecule has 0 saturated heterocycles. The molecule has 2 aromatic heterocycles. The Morgan fingerprint density at radius 3 is 2.76 bits per heavy atom. The second-order valence-electron chi connectivity index (χ2n) is 4.34. The van der Waals surface area contributed by atoms with E-state index in [0.717, 1.165) is 15.2 Å². The van der Waals surface area contributed by atoms with Gasteiger partial charge in [0.1, 0.15) is 16.7 Å². The number of aromatic nitrogens is 2. The maximum Gasteiger partial charge on any atom is 0.275 e. The van der Waals surface area contributed by atoms with E-state index in [-0.39, 0.29) is 11.6 Å². The highest BCUT2D eigenvalue weighted by atomic mass is 79.9. The number of nitrogens with one attached hydrogen (secondary N) is 1. The zero-order valence-electron chi connectivity index (χ0n) is 10.7. The van der Waals surface area contributed by atoms with Crippen molar-refractivity contribution in [2.75, 3.05) is 5.32 Å². The Kier molecular flexibility index (Phi) is 3.86. The molecule has 4 nitrogen and oxygen atoms in total. The molecule has 21 heavy (non-hydrogen) atoms. The van der Waals surface area contributed by atoms with Gasteiger partial charge in [-0.2, -0.15) is 0 Å². The predicted octanol–water partition coefficient (Wildman–Crippen LogP) is 4.30. The fraction of sp³-hybridized carbons (Fsp3) is 0. The minimum Gasteiger partial charge on any atom is -0.305 e. The molecule has 0 bridgehead atoms. The number of amides is 1. The monoisotopic (exact) mass is 361 g/mol.